The van der Waals surface area contributed by atoms with Gasteiger partial charge in [0.2, 0.25) is 17.6 Å². The number of nitrogens with zero attached hydrogens (tertiary/aromatic N) is 1. The van der Waals surface area contributed by atoms with Crippen LogP contribution in [0.2, 0.25) is 0 Å². The van der Waals surface area contributed by atoms with Crippen molar-refractivity contribution in [1.29, 1.82) is 0 Å². The molecule has 1 saturated heterocycles. The highest BCUT2D eigenvalue weighted by Crippen LogP contribution is 2.28. The van der Waals surface area contributed by atoms with E-state index in [1.807, 2.05) is 27.7 Å². The second-order valence-electron chi connectivity index (χ2n) is 8.67. The summed E-state index contributed by atoms with van der Waals surface area (Å²) in [6.07, 6.45) is 4.27. The lowest BCUT2D eigenvalue weighted by Gasteiger charge is -2.31. The molecule has 29 heavy (non-hydrogen) atoms. The fourth-order valence-corrected chi connectivity index (χ4v) is 3.82. The number of hydrogen-bond donors (Lipinski definition) is 3. The summed E-state index contributed by atoms with van der Waals surface area (Å²) in [5.74, 6) is -1.89. The Morgan fingerprint density at radius 2 is 1.76 bits per heavy atom. The Kier molecular flexibility index (Phi) is 8.19. The van der Waals surface area contributed by atoms with Gasteiger partial charge in [-0.05, 0) is 37.5 Å². The number of nitrogens with one attached hydrogen (secondary N) is 2. The molecule has 1 aliphatic heterocycles. The molecule has 2 rings (SSSR count). The first kappa shape index (κ1) is 23.3. The van der Waals surface area contributed by atoms with E-state index in [4.69, 9.17) is 5.73 Å². The van der Waals surface area contributed by atoms with Gasteiger partial charge in [-0.1, -0.05) is 40.5 Å². The van der Waals surface area contributed by atoms with Crippen molar-refractivity contribution in [3.8, 4) is 0 Å². The summed E-state index contributed by atoms with van der Waals surface area (Å²) in [4.78, 5) is 52.3. The Balaban J connectivity index is 2.12. The third kappa shape index (κ3) is 5.78. The van der Waals surface area contributed by atoms with Crippen molar-refractivity contribution in [2.45, 2.75) is 90.4 Å². The van der Waals surface area contributed by atoms with E-state index in [9.17, 15) is 19.2 Å². The van der Waals surface area contributed by atoms with Gasteiger partial charge in [0, 0.05) is 12.6 Å². The summed E-state index contributed by atoms with van der Waals surface area (Å²) in [6.45, 7) is 8.11. The Morgan fingerprint density at radius 1 is 1.10 bits per heavy atom. The Labute approximate surface area is 173 Å². The van der Waals surface area contributed by atoms with Crippen LogP contribution in [0.5, 0.6) is 0 Å². The number of nitrogens with two attached hydrogens (primary N) is 1. The van der Waals surface area contributed by atoms with Gasteiger partial charge in [0.1, 0.15) is 6.04 Å². The first-order valence-corrected chi connectivity index (χ1v) is 10.9. The van der Waals surface area contributed by atoms with Crippen LogP contribution in [0.4, 0.5) is 0 Å². The average molecular weight is 409 g/mol. The van der Waals surface area contributed by atoms with E-state index in [1.165, 1.54) is 0 Å². The van der Waals surface area contributed by atoms with Crippen molar-refractivity contribution < 1.29 is 19.2 Å². The number of carbonyl (C=O) groups excluding carboxylic acids is 4. The summed E-state index contributed by atoms with van der Waals surface area (Å²) in [5, 5.41) is 5.46. The maximum absolute atomic E-state index is 13.1. The standard InChI is InChI=1S/C21H36N4O4/c1-5-7-15(18(26)20(28)23-14-8-9-14)24-19(27)17-13(6-2)10-11-25(17)21(29)16(22)12(3)4/h12-17H,5-11,22H2,1-4H3,(H,23,28)(H,24,27)/t13-,15?,16-,17-/m0/s1. The summed E-state index contributed by atoms with van der Waals surface area (Å²) < 4.78 is 0. The monoisotopic (exact) mass is 408 g/mol. The van der Waals surface area contributed by atoms with Crippen molar-refractivity contribution in [3.05, 3.63) is 0 Å². The highest BCUT2D eigenvalue weighted by atomic mass is 16.2. The number of amides is 3. The molecular formula is C21H36N4O4. The molecule has 164 valence electrons. The predicted octanol–water partition coefficient (Wildman–Crippen LogP) is 0.729. The van der Waals surface area contributed by atoms with Crippen molar-refractivity contribution in [3.63, 3.8) is 0 Å². The predicted molar refractivity (Wildman–Crippen MR) is 110 cm³/mol. The van der Waals surface area contributed by atoms with Gasteiger partial charge in [0.25, 0.3) is 5.91 Å². The molecule has 1 heterocycles. The van der Waals surface area contributed by atoms with Crippen molar-refractivity contribution >= 4 is 23.5 Å². The molecule has 4 atom stereocenters. The Morgan fingerprint density at radius 3 is 2.28 bits per heavy atom. The molecule has 0 bridgehead atoms. The van der Waals surface area contributed by atoms with Crippen molar-refractivity contribution in [2.75, 3.05) is 6.54 Å². The molecule has 0 radical (unpaired) electrons. The first-order valence-electron chi connectivity index (χ1n) is 10.9. The zero-order valence-electron chi connectivity index (χ0n) is 18.1. The molecule has 8 heteroatoms. The van der Waals surface area contributed by atoms with Gasteiger partial charge in [-0.15, -0.1) is 0 Å². The van der Waals surface area contributed by atoms with Crippen LogP contribution in [0.15, 0.2) is 0 Å². The van der Waals surface area contributed by atoms with Crippen LogP contribution >= 0.6 is 0 Å². The molecular weight excluding hydrogens is 372 g/mol. The van der Waals surface area contributed by atoms with Crippen molar-refractivity contribution in [2.24, 2.45) is 17.6 Å². The van der Waals surface area contributed by atoms with Gasteiger partial charge in [-0.3, -0.25) is 19.2 Å². The van der Waals surface area contributed by atoms with Crippen LogP contribution < -0.4 is 16.4 Å². The van der Waals surface area contributed by atoms with Gasteiger partial charge in [-0.25, -0.2) is 0 Å². The van der Waals surface area contributed by atoms with E-state index in [2.05, 4.69) is 10.6 Å². The maximum atomic E-state index is 13.1. The van der Waals surface area contributed by atoms with E-state index in [-0.39, 0.29) is 29.7 Å². The fraction of sp³-hybridized carbons (Fsp3) is 0.810. The molecule has 1 aliphatic carbocycles. The van der Waals surface area contributed by atoms with Gasteiger partial charge >= 0.3 is 0 Å². The second kappa shape index (κ2) is 10.2. The lowest BCUT2D eigenvalue weighted by Crippen LogP contribution is -2.57. The summed E-state index contributed by atoms with van der Waals surface area (Å²) in [7, 11) is 0. The van der Waals surface area contributed by atoms with Crippen LogP contribution in [0, 0.1) is 11.8 Å². The third-order valence-electron chi connectivity index (χ3n) is 5.95. The summed E-state index contributed by atoms with van der Waals surface area (Å²) in [6, 6.07) is -2.12. The lowest BCUT2D eigenvalue weighted by molar-refractivity contribution is -0.143. The molecule has 1 unspecified atom stereocenters. The van der Waals surface area contributed by atoms with Gasteiger partial charge in [0.05, 0.1) is 12.1 Å². The van der Waals surface area contributed by atoms with Crippen LogP contribution in [-0.2, 0) is 19.2 Å². The number of carbonyl (C=O) groups is 4. The molecule has 8 nitrogen and oxygen atoms in total. The first-order chi connectivity index (χ1) is 13.7. The fourth-order valence-electron chi connectivity index (χ4n) is 3.82. The Bertz CT molecular complexity index is 632. The summed E-state index contributed by atoms with van der Waals surface area (Å²) >= 11 is 0. The molecule has 0 spiro atoms. The molecule has 1 saturated carbocycles. The Hall–Kier alpha value is -1.96. The minimum absolute atomic E-state index is 0.0102. The number of Topliss-reactive ketones (excluding diaryl/α,β-unsaturated/α-hetero) is 1. The molecule has 0 aromatic carbocycles. The normalized spacial score (nSPS) is 23.6. The lowest BCUT2D eigenvalue weighted by atomic mass is 9.95. The third-order valence-corrected chi connectivity index (χ3v) is 5.95. The number of hydrogen-bond acceptors (Lipinski definition) is 5. The molecule has 0 aromatic heterocycles. The second-order valence-corrected chi connectivity index (χ2v) is 8.67. The number of likely N-dealkylation sites (tertiary alicyclic amines) is 1. The average Bonchev–Trinajstić information content (AvgIpc) is 3.39. The SMILES string of the molecule is CCCC(NC(=O)[C@@H]1[C@@H](CC)CCN1C(=O)[C@@H](N)C(C)C)C(=O)C(=O)NC1CC1. The van der Waals surface area contributed by atoms with Crippen LogP contribution in [0.1, 0.15) is 66.2 Å². The van der Waals surface area contributed by atoms with E-state index < -0.39 is 29.8 Å². The maximum Gasteiger partial charge on any atom is 0.289 e. The minimum atomic E-state index is -0.875. The zero-order valence-corrected chi connectivity index (χ0v) is 18.1. The van der Waals surface area contributed by atoms with Gasteiger partial charge in [0.15, 0.2) is 0 Å². The van der Waals surface area contributed by atoms with E-state index >= 15 is 0 Å². The molecule has 3 amide bonds. The molecule has 2 aliphatic rings. The number of rotatable bonds is 10. The van der Waals surface area contributed by atoms with Crippen LogP contribution in [-0.4, -0.2) is 59.1 Å². The largest absolute Gasteiger partial charge is 0.347 e. The van der Waals surface area contributed by atoms with Gasteiger partial charge in [-0.2, -0.15) is 0 Å². The molecule has 2 fully saturated rings. The van der Waals surface area contributed by atoms with E-state index in [1.54, 1.807) is 4.90 Å². The van der Waals surface area contributed by atoms with Crippen molar-refractivity contribution in [1.82, 2.24) is 15.5 Å². The minimum Gasteiger partial charge on any atom is -0.347 e. The highest BCUT2D eigenvalue weighted by molar-refractivity contribution is 6.38. The van der Waals surface area contributed by atoms with Crippen LogP contribution in [0.25, 0.3) is 0 Å². The quantitative estimate of drug-likeness (QED) is 0.460. The highest BCUT2D eigenvalue weighted by Gasteiger charge is 2.43. The van der Waals surface area contributed by atoms with E-state index in [0.717, 1.165) is 25.7 Å². The topological polar surface area (TPSA) is 122 Å². The molecule has 0 aromatic rings. The zero-order chi connectivity index (χ0) is 21.7. The summed E-state index contributed by atoms with van der Waals surface area (Å²) in [5.41, 5.74) is 6.05. The molecule has 4 N–H and O–H groups in total. The van der Waals surface area contributed by atoms with E-state index in [0.29, 0.717) is 19.4 Å². The van der Waals surface area contributed by atoms with Crippen LogP contribution in [0.3, 0.4) is 0 Å². The smallest absolute Gasteiger partial charge is 0.289 e. The van der Waals surface area contributed by atoms with Gasteiger partial charge < -0.3 is 21.3 Å². The number of ketones is 1.